The lowest BCUT2D eigenvalue weighted by molar-refractivity contribution is 0.0258. The van der Waals surface area contributed by atoms with E-state index in [2.05, 4.69) is 63.3 Å². The lowest BCUT2D eigenvalue weighted by Gasteiger charge is -2.21. The van der Waals surface area contributed by atoms with E-state index in [-0.39, 0.29) is 30.1 Å². The number of aryl methyl sites for hydroxylation is 1. The Kier molecular flexibility index (Phi) is 11.9. The summed E-state index contributed by atoms with van der Waals surface area (Å²) in [5, 5.41) is 6.79. The number of hydrogen-bond donors (Lipinski definition) is 2. The number of aromatic nitrogens is 2. The number of rotatable bonds is 10. The van der Waals surface area contributed by atoms with Gasteiger partial charge in [-0.15, -0.1) is 24.0 Å². The Morgan fingerprint density at radius 3 is 2.62 bits per heavy atom. The maximum absolute atomic E-state index is 5.81. The van der Waals surface area contributed by atoms with Gasteiger partial charge in [0.2, 0.25) is 0 Å². The molecular weight excluding hydrogens is 477 g/mol. The molecule has 2 aromatic rings. The van der Waals surface area contributed by atoms with Crippen LogP contribution in [-0.4, -0.2) is 41.8 Å². The quantitative estimate of drug-likeness (QED) is 0.287. The number of nitrogens with one attached hydrogen (secondary N) is 2. The zero-order valence-corrected chi connectivity index (χ0v) is 20.6. The number of ether oxygens (including phenoxy) is 1. The molecule has 0 aliphatic heterocycles. The Bertz CT molecular complexity index is 744. The van der Waals surface area contributed by atoms with Crippen LogP contribution in [0.25, 0.3) is 0 Å². The number of benzene rings is 1. The van der Waals surface area contributed by atoms with Crippen molar-refractivity contribution < 1.29 is 4.74 Å². The fourth-order valence-electron chi connectivity index (χ4n) is 3.17. The third-order valence-corrected chi connectivity index (χ3v) is 4.80. The van der Waals surface area contributed by atoms with E-state index in [1.807, 2.05) is 26.2 Å². The van der Waals surface area contributed by atoms with Gasteiger partial charge in [-0.05, 0) is 37.3 Å². The second-order valence-electron chi connectivity index (χ2n) is 7.30. The molecule has 0 spiro atoms. The maximum atomic E-state index is 5.81. The summed E-state index contributed by atoms with van der Waals surface area (Å²) >= 11 is 0. The summed E-state index contributed by atoms with van der Waals surface area (Å²) in [6.45, 7) is 11.6. The van der Waals surface area contributed by atoms with Crippen LogP contribution in [0.4, 0.5) is 0 Å². The summed E-state index contributed by atoms with van der Waals surface area (Å²) in [5.74, 6) is 2.35. The first kappa shape index (κ1) is 25.4. The van der Waals surface area contributed by atoms with E-state index < -0.39 is 0 Å². The van der Waals surface area contributed by atoms with Gasteiger partial charge in [0.25, 0.3) is 0 Å². The molecule has 1 aromatic heterocycles. The second-order valence-corrected chi connectivity index (χ2v) is 7.30. The number of hydrogen-bond acceptors (Lipinski definition) is 3. The van der Waals surface area contributed by atoms with Crippen molar-refractivity contribution in [1.82, 2.24) is 20.2 Å². The largest absolute Gasteiger partial charge is 0.378 e. The predicted octanol–water partition coefficient (Wildman–Crippen LogP) is 3.97. The van der Waals surface area contributed by atoms with E-state index in [0.29, 0.717) is 5.92 Å². The van der Waals surface area contributed by atoms with Crippen LogP contribution in [0.1, 0.15) is 44.1 Å². The Labute approximate surface area is 192 Å². The molecule has 1 atom stereocenters. The topological polar surface area (TPSA) is 63.5 Å². The number of aliphatic imine (C=N–C) groups is 1. The third kappa shape index (κ3) is 8.74. The molecule has 0 bridgehead atoms. The smallest absolute Gasteiger partial charge is 0.191 e. The van der Waals surface area contributed by atoms with Gasteiger partial charge < -0.3 is 19.9 Å². The molecule has 0 aliphatic carbocycles. The molecule has 1 heterocycles. The van der Waals surface area contributed by atoms with Crippen LogP contribution in [0.5, 0.6) is 0 Å². The zero-order valence-electron chi connectivity index (χ0n) is 18.3. The SMILES string of the molecule is CCOC(CCNC(=NC)NCc1cccc(Cn2ccnc2C)c1)C(C)C.I. The van der Waals surface area contributed by atoms with E-state index in [0.717, 1.165) is 44.4 Å². The van der Waals surface area contributed by atoms with Gasteiger partial charge in [0.15, 0.2) is 5.96 Å². The third-order valence-electron chi connectivity index (χ3n) is 4.80. The van der Waals surface area contributed by atoms with Crippen molar-refractivity contribution in [1.29, 1.82) is 0 Å². The van der Waals surface area contributed by atoms with Gasteiger partial charge in [0, 0.05) is 45.7 Å². The highest BCUT2D eigenvalue weighted by atomic mass is 127. The van der Waals surface area contributed by atoms with Crippen molar-refractivity contribution in [3.63, 3.8) is 0 Å². The van der Waals surface area contributed by atoms with E-state index in [1.54, 1.807) is 7.05 Å². The van der Waals surface area contributed by atoms with Crippen LogP contribution in [0, 0.1) is 12.8 Å². The van der Waals surface area contributed by atoms with Crippen LogP contribution in [0.3, 0.4) is 0 Å². The minimum absolute atomic E-state index is 0. The molecule has 1 unspecified atom stereocenters. The van der Waals surface area contributed by atoms with Gasteiger partial charge in [-0.1, -0.05) is 38.1 Å². The van der Waals surface area contributed by atoms with Crippen molar-refractivity contribution in [3.05, 3.63) is 53.6 Å². The second kappa shape index (κ2) is 13.6. The first-order valence-electron chi connectivity index (χ1n) is 10.1. The van der Waals surface area contributed by atoms with Crippen molar-refractivity contribution >= 4 is 29.9 Å². The molecular formula is C22H36IN5O. The minimum Gasteiger partial charge on any atom is -0.378 e. The fourth-order valence-corrected chi connectivity index (χ4v) is 3.17. The molecule has 0 saturated heterocycles. The summed E-state index contributed by atoms with van der Waals surface area (Å²) in [7, 11) is 1.80. The van der Waals surface area contributed by atoms with E-state index in [4.69, 9.17) is 4.74 Å². The summed E-state index contributed by atoms with van der Waals surface area (Å²) in [4.78, 5) is 8.61. The molecule has 0 aliphatic rings. The summed E-state index contributed by atoms with van der Waals surface area (Å²) in [6.07, 6.45) is 5.09. The molecule has 0 fully saturated rings. The monoisotopic (exact) mass is 513 g/mol. The van der Waals surface area contributed by atoms with Gasteiger partial charge in [0.1, 0.15) is 5.82 Å². The molecule has 7 heteroatoms. The van der Waals surface area contributed by atoms with Crippen molar-refractivity contribution in [3.8, 4) is 0 Å². The van der Waals surface area contributed by atoms with Crippen LogP contribution < -0.4 is 10.6 Å². The zero-order chi connectivity index (χ0) is 20.4. The fraction of sp³-hybridized carbons (Fsp3) is 0.545. The molecule has 0 amide bonds. The first-order valence-corrected chi connectivity index (χ1v) is 10.1. The average molecular weight is 513 g/mol. The number of guanidine groups is 1. The number of nitrogens with zero attached hydrogens (tertiary/aromatic N) is 3. The molecule has 0 radical (unpaired) electrons. The highest BCUT2D eigenvalue weighted by molar-refractivity contribution is 14.0. The Hall–Kier alpha value is -1.61. The standard InChI is InChI=1S/C22H35N5O.HI/c1-6-28-21(17(2)3)10-11-25-22(23-5)26-15-19-8-7-9-20(14-19)16-27-13-12-24-18(27)4;/h7-9,12-14,17,21H,6,10-11,15-16H2,1-5H3,(H2,23,25,26);1H. The average Bonchev–Trinajstić information content (AvgIpc) is 3.08. The van der Waals surface area contributed by atoms with Crippen LogP contribution in [0.2, 0.25) is 0 Å². The van der Waals surface area contributed by atoms with Gasteiger partial charge in [0.05, 0.1) is 6.10 Å². The number of imidazole rings is 1. The maximum Gasteiger partial charge on any atom is 0.191 e. The summed E-state index contributed by atoms with van der Waals surface area (Å²) < 4.78 is 7.96. The Balaban J connectivity index is 0.00000420. The van der Waals surface area contributed by atoms with Crippen LogP contribution in [0.15, 0.2) is 41.7 Å². The van der Waals surface area contributed by atoms with E-state index in [9.17, 15) is 0 Å². The molecule has 1 aromatic carbocycles. The molecule has 0 saturated carbocycles. The normalized spacial score (nSPS) is 12.6. The van der Waals surface area contributed by atoms with Gasteiger partial charge in [-0.25, -0.2) is 4.98 Å². The first-order chi connectivity index (χ1) is 13.5. The van der Waals surface area contributed by atoms with E-state index >= 15 is 0 Å². The highest BCUT2D eigenvalue weighted by Crippen LogP contribution is 2.10. The Morgan fingerprint density at radius 1 is 1.24 bits per heavy atom. The lowest BCUT2D eigenvalue weighted by atomic mass is 10.0. The van der Waals surface area contributed by atoms with Crippen molar-refractivity contribution in [2.24, 2.45) is 10.9 Å². The summed E-state index contributed by atoms with van der Waals surface area (Å²) in [5.41, 5.74) is 2.49. The Morgan fingerprint density at radius 2 is 2.00 bits per heavy atom. The van der Waals surface area contributed by atoms with Gasteiger partial charge in [-0.3, -0.25) is 4.99 Å². The van der Waals surface area contributed by atoms with Crippen LogP contribution >= 0.6 is 24.0 Å². The highest BCUT2D eigenvalue weighted by Gasteiger charge is 2.13. The summed E-state index contributed by atoms with van der Waals surface area (Å²) in [6, 6.07) is 8.61. The molecule has 162 valence electrons. The molecule has 2 rings (SSSR count). The van der Waals surface area contributed by atoms with Gasteiger partial charge in [-0.2, -0.15) is 0 Å². The van der Waals surface area contributed by atoms with Gasteiger partial charge >= 0.3 is 0 Å². The van der Waals surface area contributed by atoms with Crippen molar-refractivity contribution in [2.75, 3.05) is 20.2 Å². The predicted molar refractivity (Wildman–Crippen MR) is 131 cm³/mol. The molecule has 6 nitrogen and oxygen atoms in total. The van der Waals surface area contributed by atoms with Crippen LogP contribution in [-0.2, 0) is 17.8 Å². The van der Waals surface area contributed by atoms with E-state index in [1.165, 1.54) is 11.1 Å². The lowest BCUT2D eigenvalue weighted by Crippen LogP contribution is -2.38. The van der Waals surface area contributed by atoms with Crippen molar-refractivity contribution in [2.45, 2.75) is 53.3 Å². The minimum atomic E-state index is 0. The molecule has 29 heavy (non-hydrogen) atoms. The number of halogens is 1. The molecule has 2 N–H and O–H groups in total.